The van der Waals surface area contributed by atoms with Crippen molar-refractivity contribution in [2.24, 2.45) is 0 Å². The lowest BCUT2D eigenvalue weighted by Gasteiger charge is -2.49. The van der Waals surface area contributed by atoms with Crippen LogP contribution in [0.25, 0.3) is 0 Å². The molecule has 21 heavy (non-hydrogen) atoms. The molecule has 2 aliphatic heterocycles. The summed E-state index contributed by atoms with van der Waals surface area (Å²) in [5.74, 6) is -0.199. The van der Waals surface area contributed by atoms with Crippen LogP contribution in [0.5, 0.6) is 0 Å². The summed E-state index contributed by atoms with van der Waals surface area (Å²) in [5.41, 5.74) is 0.721. The minimum Gasteiger partial charge on any atom is -0.477 e. The van der Waals surface area contributed by atoms with E-state index in [2.05, 4.69) is 11.9 Å². The predicted molar refractivity (Wildman–Crippen MR) is 82.9 cm³/mol. The molecule has 2 heterocycles. The summed E-state index contributed by atoms with van der Waals surface area (Å²) in [5, 5.41) is 11.6. The van der Waals surface area contributed by atoms with Crippen molar-refractivity contribution >= 4 is 41.3 Å². The van der Waals surface area contributed by atoms with Gasteiger partial charge in [0.1, 0.15) is 17.1 Å². The van der Waals surface area contributed by atoms with E-state index < -0.39 is 12.0 Å². The van der Waals surface area contributed by atoms with Gasteiger partial charge in [-0.1, -0.05) is 6.08 Å². The molecule has 2 rings (SSSR count). The molecule has 1 unspecified atom stereocenters. The molecule has 1 saturated heterocycles. The van der Waals surface area contributed by atoms with Crippen LogP contribution in [0.4, 0.5) is 0 Å². The number of nitrogens with one attached hydrogen (secondary N) is 1. The lowest BCUT2D eigenvalue weighted by atomic mass is 10.0. The van der Waals surface area contributed by atoms with Gasteiger partial charge < -0.3 is 10.4 Å². The number of amides is 2. The van der Waals surface area contributed by atoms with E-state index in [0.29, 0.717) is 17.1 Å². The quantitative estimate of drug-likeness (QED) is 0.423. The maximum Gasteiger partial charge on any atom is 0.352 e. The van der Waals surface area contributed by atoms with Gasteiger partial charge >= 0.3 is 5.97 Å². The summed E-state index contributed by atoms with van der Waals surface area (Å²) in [6.45, 7) is 5.27. The second kappa shape index (κ2) is 6.57. The van der Waals surface area contributed by atoms with E-state index in [1.165, 1.54) is 28.4 Å². The zero-order valence-corrected chi connectivity index (χ0v) is 13.1. The van der Waals surface area contributed by atoms with Crippen molar-refractivity contribution in [2.45, 2.75) is 18.3 Å². The zero-order chi connectivity index (χ0) is 15.6. The lowest BCUT2D eigenvalue weighted by Crippen LogP contribution is -2.70. The lowest BCUT2D eigenvalue weighted by molar-refractivity contribution is -0.150. The third-order valence-corrected chi connectivity index (χ3v) is 5.51. The third kappa shape index (κ3) is 3.11. The maximum atomic E-state index is 12.1. The highest BCUT2D eigenvalue weighted by Gasteiger charge is 2.53. The third-order valence-electron chi connectivity index (χ3n) is 3.15. The molecule has 2 N–H and O–H groups in total. The minimum atomic E-state index is -1.10. The van der Waals surface area contributed by atoms with Crippen molar-refractivity contribution in [2.75, 3.05) is 17.3 Å². The molecular formula is C13H16N2O4S2. The fourth-order valence-electron chi connectivity index (χ4n) is 2.23. The first-order valence-corrected chi connectivity index (χ1v) is 8.53. The Morgan fingerprint density at radius 2 is 2.33 bits per heavy atom. The molecule has 1 fully saturated rings. The summed E-state index contributed by atoms with van der Waals surface area (Å²) >= 11 is 2.88. The largest absolute Gasteiger partial charge is 0.477 e. The van der Waals surface area contributed by atoms with E-state index in [0.717, 1.165) is 0 Å². The van der Waals surface area contributed by atoms with Gasteiger partial charge in [0.05, 0.1) is 5.75 Å². The highest BCUT2D eigenvalue weighted by Crippen LogP contribution is 2.40. The molecule has 2 aliphatic rings. The maximum absolute atomic E-state index is 12.1. The van der Waals surface area contributed by atoms with Crippen molar-refractivity contribution in [3.63, 3.8) is 0 Å². The highest BCUT2D eigenvalue weighted by atomic mass is 32.2. The smallest absolute Gasteiger partial charge is 0.352 e. The van der Waals surface area contributed by atoms with Crippen LogP contribution in [0.2, 0.25) is 0 Å². The second-order valence-electron chi connectivity index (χ2n) is 4.69. The van der Waals surface area contributed by atoms with Gasteiger partial charge in [-0.05, 0) is 12.5 Å². The Bertz CT molecular complexity index is 532. The molecule has 2 atom stereocenters. The molecule has 0 aromatic rings. The summed E-state index contributed by atoms with van der Waals surface area (Å²) in [6.07, 6.45) is 1.71. The number of carbonyl (C=O) groups excluding carboxylic acids is 2. The SMILES string of the molecule is C=CCSCC(=O)NC1C(=O)N2C(C(=O)O)=C(C)CS[C@@H]12. The standard InChI is InChI=1S/C13H16N2O4S2/c1-3-4-20-6-8(16)14-9-11(17)15-10(13(18)19)7(2)5-21-12(9)15/h3,9,12H,1,4-6H2,2H3,(H,14,16)(H,18,19)/t9?,12-/m0/s1. The van der Waals surface area contributed by atoms with Gasteiger partial charge in [-0.2, -0.15) is 0 Å². The average Bonchev–Trinajstić information content (AvgIpc) is 2.44. The predicted octanol–water partition coefficient (Wildman–Crippen LogP) is 0.664. The fraction of sp³-hybridized carbons (Fsp3) is 0.462. The zero-order valence-electron chi connectivity index (χ0n) is 11.5. The van der Waals surface area contributed by atoms with E-state index in [1.807, 2.05) is 0 Å². The molecule has 0 saturated carbocycles. The van der Waals surface area contributed by atoms with Crippen molar-refractivity contribution < 1.29 is 19.5 Å². The number of hydrogen-bond donors (Lipinski definition) is 2. The van der Waals surface area contributed by atoms with Crippen LogP contribution in [0.3, 0.4) is 0 Å². The Labute approximate surface area is 131 Å². The van der Waals surface area contributed by atoms with Crippen LogP contribution in [-0.4, -0.2) is 56.5 Å². The van der Waals surface area contributed by atoms with E-state index in [-0.39, 0.29) is 28.6 Å². The van der Waals surface area contributed by atoms with Crippen molar-refractivity contribution in [3.05, 3.63) is 23.9 Å². The van der Waals surface area contributed by atoms with E-state index in [1.54, 1.807) is 13.0 Å². The van der Waals surface area contributed by atoms with Crippen molar-refractivity contribution in [1.82, 2.24) is 10.2 Å². The molecule has 6 nitrogen and oxygen atoms in total. The van der Waals surface area contributed by atoms with Crippen LogP contribution in [0, 0.1) is 0 Å². The molecular weight excluding hydrogens is 312 g/mol. The number of rotatable bonds is 6. The van der Waals surface area contributed by atoms with Crippen molar-refractivity contribution in [3.8, 4) is 0 Å². The minimum absolute atomic E-state index is 0.0512. The highest BCUT2D eigenvalue weighted by molar-refractivity contribution is 8.00. The Morgan fingerprint density at radius 3 is 2.95 bits per heavy atom. The second-order valence-corrected chi connectivity index (χ2v) is 6.83. The van der Waals surface area contributed by atoms with Gasteiger partial charge in [-0.3, -0.25) is 14.5 Å². The number of β-lactam (4-membered cyclic amide) rings is 1. The van der Waals surface area contributed by atoms with E-state index in [9.17, 15) is 19.5 Å². The van der Waals surface area contributed by atoms with E-state index >= 15 is 0 Å². The number of thioether (sulfide) groups is 2. The molecule has 0 radical (unpaired) electrons. The van der Waals surface area contributed by atoms with E-state index in [4.69, 9.17) is 0 Å². The number of fused-ring (bicyclic) bond motifs is 1. The summed E-state index contributed by atoms with van der Waals surface area (Å²) in [4.78, 5) is 36.4. The number of carboxylic acid groups (broad SMARTS) is 1. The number of nitrogens with zero attached hydrogens (tertiary/aromatic N) is 1. The molecule has 0 spiro atoms. The van der Waals surface area contributed by atoms with Gasteiger partial charge in [0.15, 0.2) is 0 Å². The Kier molecular flexibility index (Phi) is 5.00. The van der Waals surface area contributed by atoms with Crippen LogP contribution in [0.15, 0.2) is 23.9 Å². The topological polar surface area (TPSA) is 86.7 Å². The molecule has 0 aromatic heterocycles. The number of carbonyl (C=O) groups is 3. The van der Waals surface area contributed by atoms with Crippen LogP contribution in [0.1, 0.15) is 6.92 Å². The number of aliphatic carboxylic acids is 1. The Balaban J connectivity index is 1.99. The first kappa shape index (κ1) is 16.0. The van der Waals surface area contributed by atoms with Gasteiger partial charge in [0, 0.05) is 11.5 Å². The van der Waals surface area contributed by atoms with Gasteiger partial charge in [-0.25, -0.2) is 4.79 Å². The molecule has 2 amide bonds. The van der Waals surface area contributed by atoms with Gasteiger partial charge in [0.2, 0.25) is 5.91 Å². The Morgan fingerprint density at radius 1 is 1.62 bits per heavy atom. The van der Waals surface area contributed by atoms with Crippen molar-refractivity contribution in [1.29, 1.82) is 0 Å². The van der Waals surface area contributed by atoms with Crippen LogP contribution >= 0.6 is 23.5 Å². The Hall–Kier alpha value is -1.41. The molecule has 8 heteroatoms. The molecule has 0 aliphatic carbocycles. The van der Waals surface area contributed by atoms with Crippen LogP contribution < -0.4 is 5.32 Å². The van der Waals surface area contributed by atoms with Gasteiger partial charge in [-0.15, -0.1) is 30.1 Å². The average molecular weight is 328 g/mol. The summed E-state index contributed by atoms with van der Waals surface area (Å²) in [7, 11) is 0. The van der Waals surface area contributed by atoms with Crippen LogP contribution in [-0.2, 0) is 14.4 Å². The number of carboxylic acids is 1. The summed E-state index contributed by atoms with van der Waals surface area (Å²) < 4.78 is 0. The monoisotopic (exact) mass is 328 g/mol. The first-order valence-electron chi connectivity index (χ1n) is 6.33. The van der Waals surface area contributed by atoms with Gasteiger partial charge in [0.25, 0.3) is 5.91 Å². The first-order chi connectivity index (χ1) is 9.97. The molecule has 0 aromatic carbocycles. The fourth-order valence-corrected chi connectivity index (χ4v) is 4.07. The normalized spacial score (nSPS) is 24.2. The summed E-state index contributed by atoms with van der Waals surface area (Å²) in [6, 6.07) is -0.630. The molecule has 114 valence electrons. The number of hydrogen-bond acceptors (Lipinski definition) is 5. The molecule has 0 bridgehead atoms.